The second-order valence-corrected chi connectivity index (χ2v) is 6.71. The molecule has 2 aromatic heterocycles. The molecule has 8 heteroatoms. The van der Waals surface area contributed by atoms with Gasteiger partial charge in [0, 0.05) is 16.9 Å². The molecule has 0 saturated heterocycles. The molecule has 29 heavy (non-hydrogen) atoms. The number of rotatable bonds is 3. The van der Waals surface area contributed by atoms with Gasteiger partial charge < -0.3 is 24.3 Å². The summed E-state index contributed by atoms with van der Waals surface area (Å²) in [5, 5.41) is 21.5. The van der Waals surface area contributed by atoms with Gasteiger partial charge in [-0.25, -0.2) is 4.79 Å². The van der Waals surface area contributed by atoms with E-state index in [1.54, 1.807) is 24.4 Å². The van der Waals surface area contributed by atoms with Gasteiger partial charge in [-0.15, -0.1) is 0 Å². The van der Waals surface area contributed by atoms with E-state index in [9.17, 15) is 9.90 Å². The number of hydrogen-bond donors (Lipinski definition) is 3. The van der Waals surface area contributed by atoms with Crippen LogP contribution in [0.2, 0.25) is 0 Å². The number of para-hydroxylation sites is 1. The standard InChI is InChI=1S/C21H17N3O5/c1-27-14-7-10(8-15(28-2)19(14)25)16-12-9-22-24-20(12)23-18-11-5-3-4-6-13(11)29-21(26)17(16)18/h3-9,16,25H,1-2H3,(H2,22,23,24). The number of aromatic nitrogens is 2. The first-order valence-corrected chi connectivity index (χ1v) is 8.93. The lowest BCUT2D eigenvalue weighted by Crippen LogP contribution is -2.22. The Morgan fingerprint density at radius 3 is 2.59 bits per heavy atom. The van der Waals surface area contributed by atoms with Gasteiger partial charge in [0.1, 0.15) is 11.4 Å². The Kier molecular flexibility index (Phi) is 3.73. The van der Waals surface area contributed by atoms with Crippen LogP contribution in [0.3, 0.4) is 0 Å². The van der Waals surface area contributed by atoms with Crippen molar-refractivity contribution in [2.24, 2.45) is 0 Å². The zero-order chi connectivity index (χ0) is 20.1. The quantitative estimate of drug-likeness (QED) is 0.404. The largest absolute Gasteiger partial charge is 0.502 e. The number of nitrogens with one attached hydrogen (secondary N) is 2. The summed E-state index contributed by atoms with van der Waals surface area (Å²) in [5.74, 6) is 0.573. The molecule has 0 radical (unpaired) electrons. The monoisotopic (exact) mass is 391 g/mol. The zero-order valence-corrected chi connectivity index (χ0v) is 15.6. The molecule has 3 N–H and O–H groups in total. The molecule has 2 aromatic carbocycles. The van der Waals surface area contributed by atoms with Gasteiger partial charge in [-0.1, -0.05) is 12.1 Å². The number of phenolic OH excluding ortho intramolecular Hbond substituents is 1. The molecular formula is C21H17N3O5. The van der Waals surface area contributed by atoms with Crippen LogP contribution in [0, 0.1) is 0 Å². The van der Waals surface area contributed by atoms with Gasteiger partial charge in [0.05, 0.1) is 31.7 Å². The van der Waals surface area contributed by atoms with Gasteiger partial charge in [0.2, 0.25) is 5.75 Å². The number of benzene rings is 2. The Bertz CT molecular complexity index is 1280. The number of anilines is 2. The zero-order valence-electron chi connectivity index (χ0n) is 15.6. The first kappa shape index (κ1) is 17.2. The number of fused-ring (bicyclic) bond motifs is 4. The molecule has 0 amide bonds. The van der Waals surface area contributed by atoms with Gasteiger partial charge in [0.15, 0.2) is 11.5 Å². The van der Waals surface area contributed by atoms with E-state index in [2.05, 4.69) is 15.5 Å². The van der Waals surface area contributed by atoms with Crippen molar-refractivity contribution in [3.05, 3.63) is 69.7 Å². The van der Waals surface area contributed by atoms with E-state index in [0.717, 1.165) is 10.9 Å². The molecule has 4 aromatic rings. The maximum Gasteiger partial charge on any atom is 0.342 e. The number of methoxy groups -OCH3 is 2. The summed E-state index contributed by atoms with van der Waals surface area (Å²) in [7, 11) is 2.92. The number of hydrogen-bond acceptors (Lipinski definition) is 7. The summed E-state index contributed by atoms with van der Waals surface area (Å²) in [6.07, 6.45) is 1.66. The minimum atomic E-state index is -0.496. The van der Waals surface area contributed by atoms with Crippen molar-refractivity contribution >= 4 is 22.5 Å². The molecule has 0 aliphatic carbocycles. The SMILES string of the molecule is COc1cc(C2c3cn[nH]c3Nc3c2c(=O)oc2ccccc32)cc(OC)c1O. The van der Waals surface area contributed by atoms with Crippen LogP contribution in [0.5, 0.6) is 17.2 Å². The molecule has 1 aliphatic heterocycles. The summed E-state index contributed by atoms with van der Waals surface area (Å²) >= 11 is 0. The maximum atomic E-state index is 13.0. The molecule has 0 spiro atoms. The number of nitrogens with zero attached hydrogens (tertiary/aromatic N) is 1. The van der Waals surface area contributed by atoms with Gasteiger partial charge in [-0.3, -0.25) is 5.10 Å². The minimum Gasteiger partial charge on any atom is -0.502 e. The highest BCUT2D eigenvalue weighted by Crippen LogP contribution is 2.48. The normalized spacial score (nSPS) is 14.8. The molecule has 8 nitrogen and oxygen atoms in total. The van der Waals surface area contributed by atoms with Gasteiger partial charge in [-0.2, -0.15) is 5.10 Å². The third kappa shape index (κ3) is 2.46. The lowest BCUT2D eigenvalue weighted by molar-refractivity contribution is 0.339. The van der Waals surface area contributed by atoms with E-state index in [-0.39, 0.29) is 17.2 Å². The van der Waals surface area contributed by atoms with Crippen molar-refractivity contribution in [3.8, 4) is 17.2 Å². The predicted molar refractivity (Wildman–Crippen MR) is 107 cm³/mol. The van der Waals surface area contributed by atoms with Crippen LogP contribution in [-0.2, 0) is 0 Å². The topological polar surface area (TPSA) is 110 Å². The molecule has 0 saturated carbocycles. The summed E-state index contributed by atoms with van der Waals surface area (Å²) in [5.41, 5.74) is 2.62. The van der Waals surface area contributed by atoms with Crippen molar-refractivity contribution in [2.45, 2.75) is 5.92 Å². The van der Waals surface area contributed by atoms with Crippen molar-refractivity contribution in [3.63, 3.8) is 0 Å². The van der Waals surface area contributed by atoms with E-state index in [0.29, 0.717) is 28.2 Å². The number of aromatic hydroxyl groups is 1. The third-order valence-electron chi connectivity index (χ3n) is 5.20. The van der Waals surface area contributed by atoms with Crippen LogP contribution >= 0.6 is 0 Å². The van der Waals surface area contributed by atoms with E-state index in [4.69, 9.17) is 13.9 Å². The van der Waals surface area contributed by atoms with Crippen molar-refractivity contribution in [1.29, 1.82) is 0 Å². The Morgan fingerprint density at radius 1 is 1.14 bits per heavy atom. The van der Waals surface area contributed by atoms with Gasteiger partial charge >= 0.3 is 5.63 Å². The smallest absolute Gasteiger partial charge is 0.342 e. The molecule has 0 bridgehead atoms. The summed E-state index contributed by atoms with van der Waals surface area (Å²) in [4.78, 5) is 13.0. The highest BCUT2D eigenvalue weighted by atomic mass is 16.5. The molecule has 1 aliphatic rings. The van der Waals surface area contributed by atoms with Crippen LogP contribution < -0.4 is 20.4 Å². The van der Waals surface area contributed by atoms with Crippen LogP contribution in [0.4, 0.5) is 11.5 Å². The Morgan fingerprint density at radius 2 is 1.86 bits per heavy atom. The minimum absolute atomic E-state index is 0.106. The maximum absolute atomic E-state index is 13.0. The highest BCUT2D eigenvalue weighted by Gasteiger charge is 2.34. The summed E-state index contributed by atoms with van der Waals surface area (Å²) in [6, 6.07) is 10.7. The number of ether oxygens (including phenoxy) is 2. The second kappa shape index (κ2) is 6.30. The Hall–Kier alpha value is -3.94. The lowest BCUT2D eigenvalue weighted by Gasteiger charge is -2.27. The van der Waals surface area contributed by atoms with Gasteiger partial charge in [-0.05, 0) is 29.8 Å². The Balaban J connectivity index is 1.85. The summed E-state index contributed by atoms with van der Waals surface area (Å²) < 4.78 is 16.2. The molecule has 1 unspecified atom stereocenters. The summed E-state index contributed by atoms with van der Waals surface area (Å²) in [6.45, 7) is 0. The van der Waals surface area contributed by atoms with Crippen LogP contribution in [0.1, 0.15) is 22.6 Å². The highest BCUT2D eigenvalue weighted by molar-refractivity contribution is 5.95. The second-order valence-electron chi connectivity index (χ2n) is 6.71. The number of phenols is 1. The first-order valence-electron chi connectivity index (χ1n) is 8.93. The molecule has 146 valence electrons. The number of H-pyrrole nitrogens is 1. The molecule has 5 rings (SSSR count). The first-order chi connectivity index (χ1) is 14.1. The molecular weight excluding hydrogens is 374 g/mol. The van der Waals surface area contributed by atoms with Crippen LogP contribution in [0.15, 0.2) is 51.8 Å². The molecule has 0 fully saturated rings. The average molecular weight is 391 g/mol. The van der Waals surface area contributed by atoms with Crippen LogP contribution in [-0.4, -0.2) is 29.5 Å². The molecule has 3 heterocycles. The van der Waals surface area contributed by atoms with Gasteiger partial charge in [0.25, 0.3) is 0 Å². The predicted octanol–water partition coefficient (Wildman–Crippen LogP) is 3.48. The van der Waals surface area contributed by atoms with E-state index in [1.807, 2.05) is 18.2 Å². The fourth-order valence-corrected chi connectivity index (χ4v) is 3.88. The van der Waals surface area contributed by atoms with E-state index < -0.39 is 11.5 Å². The van der Waals surface area contributed by atoms with Crippen LogP contribution in [0.25, 0.3) is 11.0 Å². The fraction of sp³-hybridized carbons (Fsp3) is 0.143. The fourth-order valence-electron chi connectivity index (χ4n) is 3.88. The van der Waals surface area contributed by atoms with Crippen molar-refractivity contribution in [1.82, 2.24) is 10.2 Å². The van der Waals surface area contributed by atoms with E-state index in [1.165, 1.54) is 14.2 Å². The van der Waals surface area contributed by atoms with Crippen molar-refractivity contribution in [2.75, 3.05) is 19.5 Å². The van der Waals surface area contributed by atoms with E-state index >= 15 is 0 Å². The number of aromatic amines is 1. The van der Waals surface area contributed by atoms with Crippen molar-refractivity contribution < 1.29 is 19.0 Å². The third-order valence-corrected chi connectivity index (χ3v) is 5.20. The molecule has 1 atom stereocenters. The average Bonchev–Trinajstić information content (AvgIpc) is 3.21. The lowest BCUT2D eigenvalue weighted by atomic mass is 9.83. The Labute approximate surface area is 164 Å².